The maximum Gasteiger partial charge on any atom is 0.288 e. The van der Waals surface area contributed by atoms with Gasteiger partial charge in [-0.15, -0.1) is 0 Å². The second kappa shape index (κ2) is 3.85. The van der Waals surface area contributed by atoms with E-state index in [2.05, 4.69) is 9.73 Å². The third kappa shape index (κ3) is 2.88. The largest absolute Gasteiger partial charge is 0.400 e. The zero-order valence-electron chi connectivity index (χ0n) is 4.29. The molecule has 0 aliphatic carbocycles. The van der Waals surface area contributed by atoms with Crippen LogP contribution >= 0.6 is 0 Å². The van der Waals surface area contributed by atoms with E-state index in [-0.39, 0.29) is 0 Å². The van der Waals surface area contributed by atoms with E-state index in [1.807, 2.05) is 0 Å². The summed E-state index contributed by atoms with van der Waals surface area (Å²) in [6.45, 7) is 1.47. The minimum Gasteiger partial charge on any atom is -0.400 e. The maximum atomic E-state index is 9.41. The van der Waals surface area contributed by atoms with Crippen LogP contribution in [0.5, 0.6) is 0 Å². The summed E-state index contributed by atoms with van der Waals surface area (Å²) in [6, 6.07) is 0. The van der Waals surface area contributed by atoms with E-state index in [4.69, 9.17) is 5.26 Å². The molecule has 0 bridgehead atoms. The fraction of sp³-hybridized carbons (Fsp3) is 0.500. The predicted octanol–water partition coefficient (Wildman–Crippen LogP) is 0.166. The molecule has 0 radical (unpaired) electrons. The van der Waals surface area contributed by atoms with Gasteiger partial charge >= 0.3 is 0 Å². The fourth-order valence-electron chi connectivity index (χ4n) is 0.177. The second-order valence-corrected chi connectivity index (χ2v) is 1.03. The summed E-state index contributed by atoms with van der Waals surface area (Å²) in [5.74, 6) is 0. The topological polar surface area (TPSA) is 62.4 Å². The van der Waals surface area contributed by atoms with Gasteiger partial charge in [0.15, 0.2) is 0 Å². The lowest BCUT2D eigenvalue weighted by atomic mass is 10.7. The maximum absolute atomic E-state index is 9.41. The first-order chi connectivity index (χ1) is 3.81. The number of carbonyl (C=O) groups excluding carboxylic acids is 1. The molecule has 0 N–H and O–H groups in total. The molecule has 1 atom stereocenters. The zero-order chi connectivity index (χ0) is 6.41. The van der Waals surface area contributed by atoms with Gasteiger partial charge in [-0.05, 0) is 6.92 Å². The van der Waals surface area contributed by atoms with E-state index < -0.39 is 6.23 Å². The van der Waals surface area contributed by atoms with E-state index in [0.717, 1.165) is 0 Å². The molecule has 0 aromatic rings. The summed E-state index contributed by atoms with van der Waals surface area (Å²) in [5, 5.41) is 7.80. The van der Waals surface area contributed by atoms with E-state index in [0.29, 0.717) is 0 Å². The van der Waals surface area contributed by atoms with Crippen molar-refractivity contribution in [3.05, 3.63) is 0 Å². The average Bonchev–Trinajstić information content (AvgIpc) is 1.68. The zero-order valence-corrected chi connectivity index (χ0v) is 4.29. The van der Waals surface area contributed by atoms with Crippen LogP contribution in [0, 0.1) is 11.5 Å². The van der Waals surface area contributed by atoms with Crippen LogP contribution in [0.2, 0.25) is 0 Å². The van der Waals surface area contributed by atoms with Crippen LogP contribution in [0.3, 0.4) is 0 Å². The van der Waals surface area contributed by atoms with Crippen molar-refractivity contribution < 1.29 is 9.53 Å². The molecule has 0 rings (SSSR count). The highest BCUT2D eigenvalue weighted by atomic mass is 16.5. The number of isocyanates is 1. The molecule has 0 aliphatic rings. The summed E-state index contributed by atoms with van der Waals surface area (Å²) in [7, 11) is 0. The number of hydrogen-bond acceptors (Lipinski definition) is 4. The minimum atomic E-state index is -0.697. The molecule has 0 aliphatic heterocycles. The molecule has 0 spiro atoms. The number of nitrogens with zero attached hydrogens (tertiary/aromatic N) is 2. The summed E-state index contributed by atoms with van der Waals surface area (Å²) in [5.41, 5.74) is 0. The molecule has 1 unspecified atom stereocenters. The lowest BCUT2D eigenvalue weighted by Crippen LogP contribution is -1.97. The van der Waals surface area contributed by atoms with Gasteiger partial charge in [-0.3, -0.25) is 0 Å². The first kappa shape index (κ1) is 6.67. The molecule has 0 saturated carbocycles. The Labute approximate surface area is 46.4 Å². The van der Waals surface area contributed by atoms with Gasteiger partial charge in [0.25, 0.3) is 6.26 Å². The molecular weight excluding hydrogens is 108 g/mol. The lowest BCUT2D eigenvalue weighted by Gasteiger charge is -1.93. The van der Waals surface area contributed by atoms with Crippen molar-refractivity contribution in [1.82, 2.24) is 0 Å². The Kier molecular flexibility index (Phi) is 3.21. The van der Waals surface area contributed by atoms with Gasteiger partial charge in [-0.2, -0.15) is 10.3 Å². The van der Waals surface area contributed by atoms with Crippen LogP contribution < -0.4 is 0 Å². The van der Waals surface area contributed by atoms with Crippen molar-refractivity contribution in [1.29, 1.82) is 5.26 Å². The third-order valence-corrected chi connectivity index (χ3v) is 0.458. The van der Waals surface area contributed by atoms with Crippen molar-refractivity contribution in [3.8, 4) is 6.26 Å². The molecule has 0 aromatic carbocycles. The fourth-order valence-corrected chi connectivity index (χ4v) is 0.177. The van der Waals surface area contributed by atoms with Crippen molar-refractivity contribution in [2.75, 3.05) is 0 Å². The first-order valence-electron chi connectivity index (χ1n) is 1.93. The summed E-state index contributed by atoms with van der Waals surface area (Å²) in [4.78, 5) is 12.5. The van der Waals surface area contributed by atoms with E-state index in [9.17, 15) is 4.79 Å². The van der Waals surface area contributed by atoms with Gasteiger partial charge in [0, 0.05) is 0 Å². The van der Waals surface area contributed by atoms with Crippen LogP contribution in [0.15, 0.2) is 4.99 Å². The SMILES string of the molecule is CC(N=C=O)OC#N. The number of nitriles is 1. The van der Waals surface area contributed by atoms with Crippen molar-refractivity contribution in [3.63, 3.8) is 0 Å². The minimum absolute atomic E-state index is 0.697. The Morgan fingerprint density at radius 3 is 2.88 bits per heavy atom. The van der Waals surface area contributed by atoms with E-state index >= 15 is 0 Å². The Bertz CT molecular complexity index is 143. The first-order valence-corrected chi connectivity index (χ1v) is 1.93. The van der Waals surface area contributed by atoms with Crippen molar-refractivity contribution >= 4 is 6.08 Å². The number of hydrogen-bond donors (Lipinski definition) is 0. The molecule has 0 saturated heterocycles. The Balaban J connectivity index is 3.51. The molecule has 0 amide bonds. The van der Waals surface area contributed by atoms with Gasteiger partial charge in [0.1, 0.15) is 0 Å². The van der Waals surface area contributed by atoms with E-state index in [1.165, 1.54) is 19.3 Å². The molecule has 0 heterocycles. The highest BCUT2D eigenvalue weighted by Crippen LogP contribution is 1.85. The predicted molar refractivity (Wildman–Crippen MR) is 24.3 cm³/mol. The summed E-state index contributed by atoms with van der Waals surface area (Å²) >= 11 is 0. The lowest BCUT2D eigenvalue weighted by molar-refractivity contribution is 0.188. The quantitative estimate of drug-likeness (QED) is 0.290. The van der Waals surface area contributed by atoms with Gasteiger partial charge in [-0.1, -0.05) is 0 Å². The molecule has 4 nitrogen and oxygen atoms in total. The van der Waals surface area contributed by atoms with Crippen LogP contribution in [0.25, 0.3) is 0 Å². The van der Waals surface area contributed by atoms with Crippen LogP contribution in [-0.4, -0.2) is 12.3 Å². The van der Waals surface area contributed by atoms with Crippen LogP contribution in [0.1, 0.15) is 6.92 Å². The van der Waals surface area contributed by atoms with Gasteiger partial charge in [0.2, 0.25) is 12.3 Å². The second-order valence-electron chi connectivity index (χ2n) is 1.03. The summed E-state index contributed by atoms with van der Waals surface area (Å²) < 4.78 is 4.16. The van der Waals surface area contributed by atoms with Crippen LogP contribution in [-0.2, 0) is 9.53 Å². The summed E-state index contributed by atoms with van der Waals surface area (Å²) in [6.07, 6.45) is 1.93. The van der Waals surface area contributed by atoms with Gasteiger partial charge < -0.3 is 4.74 Å². The monoisotopic (exact) mass is 112 g/mol. The Morgan fingerprint density at radius 2 is 2.50 bits per heavy atom. The molecule has 8 heavy (non-hydrogen) atoms. The highest BCUT2D eigenvalue weighted by molar-refractivity contribution is 5.33. The molecule has 42 valence electrons. The van der Waals surface area contributed by atoms with Gasteiger partial charge in [-0.25, -0.2) is 4.79 Å². The number of rotatable bonds is 2. The van der Waals surface area contributed by atoms with Gasteiger partial charge in [0.05, 0.1) is 0 Å². The van der Waals surface area contributed by atoms with E-state index in [1.54, 1.807) is 0 Å². The van der Waals surface area contributed by atoms with Crippen molar-refractivity contribution in [2.24, 2.45) is 4.99 Å². The molecule has 0 aromatic heterocycles. The average molecular weight is 112 g/mol. The third-order valence-electron chi connectivity index (χ3n) is 0.458. The normalized spacial score (nSPS) is 10.5. The number of aliphatic imine (C=N–C) groups is 1. The Morgan fingerprint density at radius 1 is 1.88 bits per heavy atom. The molecule has 4 heteroatoms. The highest BCUT2D eigenvalue weighted by Gasteiger charge is 1.92. The number of ether oxygens (including phenoxy) is 1. The van der Waals surface area contributed by atoms with Crippen molar-refractivity contribution in [2.45, 2.75) is 13.2 Å². The smallest absolute Gasteiger partial charge is 0.288 e. The molecular formula is C4H4N2O2. The standard InChI is InChI=1S/C4H4N2O2/c1-4(6-3-7)8-2-5/h4H,1H3. The molecule has 0 fully saturated rings. The Hall–Kier alpha value is -1.33. The van der Waals surface area contributed by atoms with Crippen LogP contribution in [0.4, 0.5) is 0 Å².